The first kappa shape index (κ1) is 16.2. The third-order valence-electron chi connectivity index (χ3n) is 3.62. The molecular weight excluding hydrogens is 230 g/mol. The molecule has 0 saturated heterocycles. The molecule has 0 unspecified atom stereocenters. The van der Waals surface area contributed by atoms with E-state index in [2.05, 4.69) is 42.6 Å². The van der Waals surface area contributed by atoms with E-state index in [-0.39, 0.29) is 0 Å². The summed E-state index contributed by atoms with van der Waals surface area (Å²) in [5, 5.41) is 3.56. The molecule has 0 saturated carbocycles. The molecule has 108 valence electrons. The Hall–Kier alpha value is -0.820. The normalized spacial score (nSPS) is 10.8. The average Bonchev–Trinajstić information content (AvgIpc) is 2.46. The summed E-state index contributed by atoms with van der Waals surface area (Å²) in [7, 11) is 0. The van der Waals surface area contributed by atoms with E-state index >= 15 is 0 Å². The van der Waals surface area contributed by atoms with E-state index < -0.39 is 0 Å². The minimum absolute atomic E-state index is 1.18. The molecule has 0 bridgehead atoms. The molecule has 0 aliphatic rings. The van der Waals surface area contributed by atoms with Gasteiger partial charge >= 0.3 is 0 Å². The Morgan fingerprint density at radius 3 is 2.11 bits per heavy atom. The van der Waals surface area contributed by atoms with Crippen LogP contribution in [-0.4, -0.2) is 13.1 Å². The van der Waals surface area contributed by atoms with Gasteiger partial charge in [0.1, 0.15) is 0 Å². The third-order valence-corrected chi connectivity index (χ3v) is 3.62. The first-order chi connectivity index (χ1) is 9.43. The molecule has 0 spiro atoms. The Bertz CT molecular complexity index is 281. The highest BCUT2D eigenvalue weighted by Gasteiger charge is 1.93. The maximum absolute atomic E-state index is 3.56. The molecule has 19 heavy (non-hydrogen) atoms. The van der Waals surface area contributed by atoms with E-state index in [1.54, 1.807) is 0 Å². The maximum Gasteiger partial charge on any atom is -0.00488 e. The Morgan fingerprint density at radius 1 is 0.737 bits per heavy atom. The molecule has 0 fully saturated rings. The summed E-state index contributed by atoms with van der Waals surface area (Å²) in [5.74, 6) is 0. The van der Waals surface area contributed by atoms with Crippen LogP contribution in [-0.2, 0) is 6.42 Å². The molecule has 1 N–H and O–H groups in total. The number of hydrogen-bond donors (Lipinski definition) is 1. The maximum atomic E-state index is 3.56. The largest absolute Gasteiger partial charge is 0.317 e. The van der Waals surface area contributed by atoms with Crippen LogP contribution in [0.25, 0.3) is 0 Å². The van der Waals surface area contributed by atoms with Crippen LogP contribution in [0.15, 0.2) is 30.3 Å². The lowest BCUT2D eigenvalue weighted by Crippen LogP contribution is -2.16. The molecule has 0 heterocycles. The zero-order chi connectivity index (χ0) is 13.6. The van der Waals surface area contributed by atoms with Gasteiger partial charge in [-0.15, -0.1) is 0 Å². The van der Waals surface area contributed by atoms with Crippen LogP contribution in [0.5, 0.6) is 0 Å². The molecule has 1 rings (SSSR count). The van der Waals surface area contributed by atoms with Gasteiger partial charge < -0.3 is 5.32 Å². The zero-order valence-electron chi connectivity index (χ0n) is 12.7. The zero-order valence-corrected chi connectivity index (χ0v) is 12.7. The van der Waals surface area contributed by atoms with Gasteiger partial charge in [0.15, 0.2) is 0 Å². The van der Waals surface area contributed by atoms with Gasteiger partial charge in [0.2, 0.25) is 0 Å². The summed E-state index contributed by atoms with van der Waals surface area (Å²) in [6.45, 7) is 4.66. The van der Waals surface area contributed by atoms with Crippen LogP contribution in [0.1, 0.15) is 63.9 Å². The van der Waals surface area contributed by atoms with Crippen molar-refractivity contribution in [2.75, 3.05) is 13.1 Å². The Kier molecular flexibility index (Phi) is 10.4. The fraction of sp³-hybridized carbons (Fsp3) is 0.667. The van der Waals surface area contributed by atoms with E-state index in [4.69, 9.17) is 0 Å². The molecule has 1 aromatic carbocycles. The quantitative estimate of drug-likeness (QED) is 0.524. The number of unbranched alkanes of at least 4 members (excludes halogenated alkanes) is 6. The second kappa shape index (κ2) is 12.2. The van der Waals surface area contributed by atoms with Crippen LogP contribution in [0.3, 0.4) is 0 Å². The number of benzene rings is 1. The van der Waals surface area contributed by atoms with Crippen molar-refractivity contribution in [3.8, 4) is 0 Å². The summed E-state index contributed by atoms with van der Waals surface area (Å²) in [4.78, 5) is 0. The fourth-order valence-electron chi connectivity index (χ4n) is 2.38. The fourth-order valence-corrected chi connectivity index (χ4v) is 2.38. The smallest absolute Gasteiger partial charge is 0.00488 e. The Labute approximate surface area is 119 Å². The molecule has 0 aliphatic carbocycles. The molecular formula is C18H31N. The monoisotopic (exact) mass is 261 g/mol. The van der Waals surface area contributed by atoms with Crippen LogP contribution in [0.4, 0.5) is 0 Å². The second-order valence-corrected chi connectivity index (χ2v) is 5.46. The first-order valence-electron chi connectivity index (χ1n) is 8.18. The van der Waals surface area contributed by atoms with Crippen LogP contribution >= 0.6 is 0 Å². The van der Waals surface area contributed by atoms with E-state index in [0.29, 0.717) is 0 Å². The van der Waals surface area contributed by atoms with Crippen molar-refractivity contribution in [2.45, 2.75) is 64.7 Å². The van der Waals surface area contributed by atoms with Gasteiger partial charge in [-0.2, -0.15) is 0 Å². The highest BCUT2D eigenvalue weighted by molar-refractivity contribution is 5.14. The lowest BCUT2D eigenvalue weighted by Gasteiger charge is -2.05. The van der Waals surface area contributed by atoms with Gasteiger partial charge in [-0.1, -0.05) is 69.4 Å². The molecule has 0 atom stereocenters. The molecule has 1 aromatic rings. The highest BCUT2D eigenvalue weighted by atomic mass is 14.8. The summed E-state index contributed by atoms with van der Waals surface area (Å²) in [6.07, 6.45) is 12.2. The van der Waals surface area contributed by atoms with Gasteiger partial charge in [-0.05, 0) is 44.3 Å². The first-order valence-corrected chi connectivity index (χ1v) is 8.18. The van der Waals surface area contributed by atoms with Crippen molar-refractivity contribution in [1.29, 1.82) is 0 Å². The van der Waals surface area contributed by atoms with Gasteiger partial charge in [0.05, 0.1) is 0 Å². The number of hydrogen-bond acceptors (Lipinski definition) is 1. The number of rotatable bonds is 12. The Balaban J connectivity index is 1.79. The average molecular weight is 261 g/mol. The van der Waals surface area contributed by atoms with Crippen molar-refractivity contribution >= 4 is 0 Å². The molecule has 0 aromatic heterocycles. The highest BCUT2D eigenvalue weighted by Crippen LogP contribution is 2.05. The summed E-state index contributed by atoms with van der Waals surface area (Å²) in [6, 6.07) is 10.8. The van der Waals surface area contributed by atoms with E-state index in [0.717, 1.165) is 0 Å². The van der Waals surface area contributed by atoms with Crippen molar-refractivity contribution in [1.82, 2.24) is 5.32 Å². The minimum atomic E-state index is 1.18. The molecule has 0 radical (unpaired) electrons. The van der Waals surface area contributed by atoms with Crippen molar-refractivity contribution in [3.63, 3.8) is 0 Å². The molecule has 1 heteroatoms. The van der Waals surface area contributed by atoms with Crippen LogP contribution in [0, 0.1) is 0 Å². The second-order valence-electron chi connectivity index (χ2n) is 5.46. The van der Waals surface area contributed by atoms with Gasteiger partial charge in [0, 0.05) is 0 Å². The lowest BCUT2D eigenvalue weighted by atomic mass is 10.1. The van der Waals surface area contributed by atoms with E-state index in [9.17, 15) is 0 Å². The Morgan fingerprint density at radius 2 is 1.37 bits per heavy atom. The third kappa shape index (κ3) is 9.72. The van der Waals surface area contributed by atoms with Gasteiger partial charge in [-0.3, -0.25) is 0 Å². The van der Waals surface area contributed by atoms with Gasteiger partial charge in [0.25, 0.3) is 0 Å². The number of aryl methyl sites for hydroxylation is 1. The van der Waals surface area contributed by atoms with Crippen LogP contribution in [0.2, 0.25) is 0 Å². The lowest BCUT2D eigenvalue weighted by molar-refractivity contribution is 0.558. The summed E-state index contributed by atoms with van der Waals surface area (Å²) >= 11 is 0. The van der Waals surface area contributed by atoms with E-state index in [1.807, 2.05) is 0 Å². The predicted octanol–water partition coefficient (Wildman–Crippen LogP) is 4.96. The molecule has 1 nitrogen and oxygen atoms in total. The van der Waals surface area contributed by atoms with Gasteiger partial charge in [-0.25, -0.2) is 0 Å². The van der Waals surface area contributed by atoms with Crippen LogP contribution < -0.4 is 5.32 Å². The molecule has 0 aliphatic heterocycles. The number of nitrogens with one attached hydrogen (secondary N) is 1. The summed E-state index contributed by atoms with van der Waals surface area (Å²) in [5.41, 5.74) is 1.47. The van der Waals surface area contributed by atoms with E-state index in [1.165, 1.54) is 76.4 Å². The minimum Gasteiger partial charge on any atom is -0.317 e. The SMILES string of the molecule is CCCCCCCCNCCCCc1ccccc1. The van der Waals surface area contributed by atoms with Crippen molar-refractivity contribution < 1.29 is 0 Å². The van der Waals surface area contributed by atoms with Crippen molar-refractivity contribution in [2.24, 2.45) is 0 Å². The van der Waals surface area contributed by atoms with Crippen molar-refractivity contribution in [3.05, 3.63) is 35.9 Å². The predicted molar refractivity (Wildman–Crippen MR) is 85.6 cm³/mol. The molecule has 0 amide bonds. The summed E-state index contributed by atoms with van der Waals surface area (Å²) < 4.78 is 0. The standard InChI is InChI=1S/C18H31N/c1-2-3-4-5-6-11-16-19-17-12-10-15-18-13-8-7-9-14-18/h7-9,13-14,19H,2-6,10-12,15-17H2,1H3. The topological polar surface area (TPSA) is 12.0 Å².